The zero-order valence-electron chi connectivity index (χ0n) is 3.81. The average Bonchev–Trinajstić information content (AvgIpc) is 1.76. The zero-order valence-corrected chi connectivity index (χ0v) is 5.81. The van der Waals surface area contributed by atoms with Gasteiger partial charge in [0.05, 0.1) is 0 Å². The summed E-state index contributed by atoms with van der Waals surface area (Å²) in [5.74, 6) is 0. The Balaban J connectivity index is 0.000000250. The van der Waals surface area contributed by atoms with Crippen LogP contribution in [-0.2, 0) is 0 Å². The van der Waals surface area contributed by atoms with E-state index in [2.05, 4.69) is 4.98 Å². The van der Waals surface area contributed by atoms with Gasteiger partial charge in [0.15, 0.2) is 0 Å². The second kappa shape index (κ2) is 3.47. The van der Waals surface area contributed by atoms with Crippen LogP contribution < -0.4 is 29.6 Å². The van der Waals surface area contributed by atoms with Crippen molar-refractivity contribution in [2.75, 3.05) is 0 Å². The number of aromatic amines is 1. The molecule has 0 aliphatic carbocycles. The van der Waals surface area contributed by atoms with E-state index in [0.29, 0.717) is 0 Å². The quantitative estimate of drug-likeness (QED) is 0.355. The molecule has 0 amide bonds. The Hall–Kier alpha value is 0.280. The maximum Gasteiger partial charge on any atom is 1.00 e. The van der Waals surface area contributed by atoms with Gasteiger partial charge in [-0.15, -0.1) is 0 Å². The molecule has 1 aromatic heterocycles. The molecule has 0 unspecified atom stereocenters. The van der Waals surface area contributed by atoms with Crippen molar-refractivity contribution in [1.82, 2.24) is 4.98 Å². The Labute approximate surface area is 59.1 Å². The molecule has 1 N–H and O–H groups in total. The molecule has 0 aliphatic heterocycles. The fraction of sp³-hybridized carbons (Fsp3) is 0. The Morgan fingerprint density at radius 1 is 1.00 bits per heavy atom. The minimum absolute atomic E-state index is 0. The molecule has 6 heavy (non-hydrogen) atoms. The molecule has 0 saturated carbocycles. The molecular weight excluding hydrogens is 85.0 g/mol. The van der Waals surface area contributed by atoms with E-state index in [9.17, 15) is 0 Å². The number of rotatable bonds is 0. The predicted molar refractivity (Wildman–Crippen MR) is 20.8 cm³/mol. The largest absolute Gasteiger partial charge is 1.00 e. The van der Waals surface area contributed by atoms with Crippen molar-refractivity contribution in [3.8, 4) is 0 Å². The van der Waals surface area contributed by atoms with E-state index in [4.69, 9.17) is 0 Å². The molecule has 0 aromatic carbocycles. The molecule has 1 aromatic rings. The summed E-state index contributed by atoms with van der Waals surface area (Å²) in [5, 5.41) is 0. The first-order valence-electron chi connectivity index (χ1n) is 1.58. The van der Waals surface area contributed by atoms with Crippen LogP contribution in [0.15, 0.2) is 24.5 Å². The second-order valence-corrected chi connectivity index (χ2v) is 0.885. The average molecular weight is 90.1 g/mol. The van der Waals surface area contributed by atoms with Gasteiger partial charge in [0.2, 0.25) is 0 Å². The summed E-state index contributed by atoms with van der Waals surface area (Å²) in [6.45, 7) is 0. The van der Waals surface area contributed by atoms with E-state index in [-0.39, 0.29) is 29.6 Å². The van der Waals surface area contributed by atoms with Crippen molar-refractivity contribution in [1.29, 1.82) is 0 Å². The molecule has 1 rings (SSSR count). The molecule has 2 heteroatoms. The molecule has 26 valence electrons. The van der Waals surface area contributed by atoms with Crippen LogP contribution in [0.5, 0.6) is 0 Å². The van der Waals surface area contributed by atoms with Crippen molar-refractivity contribution in [2.45, 2.75) is 0 Å². The summed E-state index contributed by atoms with van der Waals surface area (Å²) in [4.78, 5) is 2.86. The van der Waals surface area contributed by atoms with E-state index < -0.39 is 0 Å². The van der Waals surface area contributed by atoms with Crippen LogP contribution in [0, 0.1) is 0 Å². The summed E-state index contributed by atoms with van der Waals surface area (Å²) in [7, 11) is 0. The van der Waals surface area contributed by atoms with Gasteiger partial charge in [-0.25, -0.2) is 0 Å². The van der Waals surface area contributed by atoms with Crippen LogP contribution in [0.3, 0.4) is 0 Å². The molecule has 1 nitrogen and oxygen atoms in total. The van der Waals surface area contributed by atoms with Crippen molar-refractivity contribution in [3.63, 3.8) is 0 Å². The molecule has 0 atom stereocenters. The standard InChI is InChI=1S/C4H5N.Na/c1-2-4-5-3-1;/h1-5H;/q;+1. The predicted octanol–water partition coefficient (Wildman–Crippen LogP) is -1.98. The normalized spacial score (nSPS) is 6.67. The van der Waals surface area contributed by atoms with Gasteiger partial charge < -0.3 is 4.98 Å². The minimum atomic E-state index is 0. The smallest absolute Gasteiger partial charge is 0.368 e. The fourth-order valence-electron chi connectivity index (χ4n) is 0.278. The van der Waals surface area contributed by atoms with Gasteiger partial charge in [0, 0.05) is 12.4 Å². The third-order valence-corrected chi connectivity index (χ3v) is 0.496. The molecule has 0 fully saturated rings. The van der Waals surface area contributed by atoms with Gasteiger partial charge in [0.1, 0.15) is 0 Å². The number of nitrogens with one attached hydrogen (secondary N) is 1. The van der Waals surface area contributed by atoms with Crippen LogP contribution in [0.4, 0.5) is 0 Å². The van der Waals surface area contributed by atoms with Crippen LogP contribution in [0.25, 0.3) is 0 Å². The summed E-state index contributed by atoms with van der Waals surface area (Å²) >= 11 is 0. The summed E-state index contributed by atoms with van der Waals surface area (Å²) in [6, 6.07) is 3.89. The third-order valence-electron chi connectivity index (χ3n) is 0.496. The maximum absolute atomic E-state index is 2.86. The van der Waals surface area contributed by atoms with Gasteiger partial charge in [0.25, 0.3) is 0 Å². The Kier molecular flexibility index (Phi) is 3.63. The van der Waals surface area contributed by atoms with Gasteiger partial charge in [-0.1, -0.05) is 0 Å². The van der Waals surface area contributed by atoms with E-state index >= 15 is 0 Å². The summed E-state index contributed by atoms with van der Waals surface area (Å²) < 4.78 is 0. The van der Waals surface area contributed by atoms with Crippen molar-refractivity contribution in [2.24, 2.45) is 0 Å². The Morgan fingerprint density at radius 2 is 1.50 bits per heavy atom. The third kappa shape index (κ3) is 1.65. The van der Waals surface area contributed by atoms with Crippen LogP contribution in [0.2, 0.25) is 0 Å². The summed E-state index contributed by atoms with van der Waals surface area (Å²) in [6.07, 6.45) is 3.75. The molecule has 1 heterocycles. The summed E-state index contributed by atoms with van der Waals surface area (Å²) in [5.41, 5.74) is 0. The van der Waals surface area contributed by atoms with E-state index in [1.54, 1.807) is 0 Å². The molecular formula is C4H5NNa+. The van der Waals surface area contributed by atoms with Gasteiger partial charge >= 0.3 is 29.6 Å². The number of hydrogen-bond donors (Lipinski definition) is 1. The van der Waals surface area contributed by atoms with Gasteiger partial charge in [-0.2, -0.15) is 0 Å². The first-order valence-corrected chi connectivity index (χ1v) is 1.58. The van der Waals surface area contributed by atoms with E-state index in [0.717, 1.165) is 0 Å². The van der Waals surface area contributed by atoms with Crippen molar-refractivity contribution < 1.29 is 29.6 Å². The minimum Gasteiger partial charge on any atom is -0.368 e. The Bertz CT molecular complexity index is 64.0. The molecule has 0 spiro atoms. The van der Waals surface area contributed by atoms with Crippen LogP contribution >= 0.6 is 0 Å². The van der Waals surface area contributed by atoms with Crippen LogP contribution in [0.1, 0.15) is 0 Å². The molecule has 0 radical (unpaired) electrons. The molecule has 0 aliphatic rings. The fourth-order valence-corrected chi connectivity index (χ4v) is 0.278. The van der Waals surface area contributed by atoms with Crippen LogP contribution in [-0.4, -0.2) is 4.98 Å². The first kappa shape index (κ1) is 6.28. The Morgan fingerprint density at radius 3 is 1.67 bits per heavy atom. The number of hydrogen-bond acceptors (Lipinski definition) is 0. The van der Waals surface area contributed by atoms with Crippen molar-refractivity contribution >= 4 is 0 Å². The topological polar surface area (TPSA) is 15.8 Å². The van der Waals surface area contributed by atoms with Gasteiger partial charge in [-0.3, -0.25) is 0 Å². The molecule has 0 saturated heterocycles. The van der Waals surface area contributed by atoms with Gasteiger partial charge in [-0.05, 0) is 12.1 Å². The SMILES string of the molecule is [Na+].c1cc[nH]c1. The maximum atomic E-state index is 2.86. The van der Waals surface area contributed by atoms with E-state index in [1.165, 1.54) is 0 Å². The monoisotopic (exact) mass is 90.0 g/mol. The van der Waals surface area contributed by atoms with E-state index in [1.807, 2.05) is 24.5 Å². The number of H-pyrrole nitrogens is 1. The van der Waals surface area contributed by atoms with Crippen molar-refractivity contribution in [3.05, 3.63) is 24.5 Å². The second-order valence-electron chi connectivity index (χ2n) is 0.885. The molecule has 0 bridgehead atoms. The first-order chi connectivity index (χ1) is 2.50. The number of aromatic nitrogens is 1. The zero-order chi connectivity index (χ0) is 3.54.